The fraction of sp³-hybridized carbons (Fsp3) is 0.500. The molecule has 3 nitrogen and oxygen atoms in total. The van der Waals surface area contributed by atoms with Crippen LogP contribution in [-0.4, -0.2) is 18.8 Å². The molecule has 3 heteroatoms. The Labute approximate surface area is 90.9 Å². The summed E-state index contributed by atoms with van der Waals surface area (Å²) in [5.41, 5.74) is 8.52. The normalized spacial score (nSPS) is 12.6. The summed E-state index contributed by atoms with van der Waals surface area (Å²) in [7, 11) is 1.65. The first-order valence-electron chi connectivity index (χ1n) is 5.14. The molecule has 0 bridgehead atoms. The van der Waals surface area contributed by atoms with Crippen molar-refractivity contribution in [2.75, 3.05) is 13.7 Å². The van der Waals surface area contributed by atoms with Gasteiger partial charge in [-0.2, -0.15) is 0 Å². The first kappa shape index (κ1) is 12.0. The molecule has 0 spiro atoms. The quantitative estimate of drug-likeness (QED) is 0.793. The largest absolute Gasteiger partial charge is 0.496 e. The zero-order chi connectivity index (χ0) is 11.4. The molecule has 0 saturated heterocycles. The molecule has 0 aromatic heterocycles. The molecule has 0 aliphatic heterocycles. The average molecular weight is 209 g/mol. The summed E-state index contributed by atoms with van der Waals surface area (Å²) in [6, 6.07) is 3.79. The molecule has 0 amide bonds. The predicted octanol–water partition coefficient (Wildman–Crippen LogP) is 1.69. The van der Waals surface area contributed by atoms with Crippen molar-refractivity contribution in [1.29, 1.82) is 0 Å². The van der Waals surface area contributed by atoms with E-state index in [0.717, 1.165) is 22.4 Å². The molecule has 1 atom stereocenters. The van der Waals surface area contributed by atoms with E-state index in [1.807, 2.05) is 26.0 Å². The van der Waals surface area contributed by atoms with Gasteiger partial charge < -0.3 is 15.6 Å². The summed E-state index contributed by atoms with van der Waals surface area (Å²) in [5, 5.41) is 9.87. The molecule has 0 aliphatic carbocycles. The molecule has 15 heavy (non-hydrogen) atoms. The number of rotatable bonds is 4. The Balaban J connectivity index is 3.06. The Morgan fingerprint density at radius 3 is 2.53 bits per heavy atom. The average Bonchev–Trinajstić information content (AvgIpc) is 2.22. The van der Waals surface area contributed by atoms with Crippen LogP contribution in [0.2, 0.25) is 0 Å². The maximum atomic E-state index is 9.87. The van der Waals surface area contributed by atoms with Gasteiger partial charge in [0.1, 0.15) is 5.75 Å². The Morgan fingerprint density at radius 2 is 2.00 bits per heavy atom. The summed E-state index contributed by atoms with van der Waals surface area (Å²) in [6.07, 6.45) is 0.117. The molecular formula is C12H19NO2. The van der Waals surface area contributed by atoms with Crippen molar-refractivity contribution < 1.29 is 9.84 Å². The fourth-order valence-corrected chi connectivity index (χ4v) is 1.71. The zero-order valence-electron chi connectivity index (χ0n) is 9.58. The lowest BCUT2D eigenvalue weighted by atomic mass is 9.97. The molecule has 0 saturated carbocycles. The number of aliphatic hydroxyl groups is 1. The Hall–Kier alpha value is -1.06. The van der Waals surface area contributed by atoms with Crippen LogP contribution in [-0.2, 0) is 0 Å². The predicted molar refractivity (Wildman–Crippen MR) is 61.1 cm³/mol. The number of hydrogen-bond donors (Lipinski definition) is 2. The third-order valence-corrected chi connectivity index (χ3v) is 2.80. The lowest BCUT2D eigenvalue weighted by Crippen LogP contribution is -2.08. The topological polar surface area (TPSA) is 55.5 Å². The summed E-state index contributed by atoms with van der Waals surface area (Å²) in [4.78, 5) is 0. The zero-order valence-corrected chi connectivity index (χ0v) is 9.58. The Morgan fingerprint density at radius 1 is 1.33 bits per heavy atom. The molecule has 0 heterocycles. The van der Waals surface area contributed by atoms with Crippen LogP contribution in [0.25, 0.3) is 0 Å². The lowest BCUT2D eigenvalue weighted by Gasteiger charge is -2.16. The number of methoxy groups -OCH3 is 1. The van der Waals surface area contributed by atoms with Gasteiger partial charge in [-0.1, -0.05) is 6.07 Å². The van der Waals surface area contributed by atoms with E-state index >= 15 is 0 Å². The molecular weight excluding hydrogens is 190 g/mol. The molecule has 0 fully saturated rings. The smallest absolute Gasteiger partial charge is 0.122 e. The molecule has 1 rings (SSSR count). The van der Waals surface area contributed by atoms with Gasteiger partial charge >= 0.3 is 0 Å². The third-order valence-electron chi connectivity index (χ3n) is 2.80. The number of hydrogen-bond acceptors (Lipinski definition) is 3. The van der Waals surface area contributed by atoms with Crippen LogP contribution in [0.1, 0.15) is 29.2 Å². The molecule has 1 aromatic carbocycles. The summed E-state index contributed by atoms with van der Waals surface area (Å²) >= 11 is 0. The van der Waals surface area contributed by atoms with Crippen LogP contribution < -0.4 is 10.5 Å². The van der Waals surface area contributed by atoms with Gasteiger partial charge in [0.05, 0.1) is 13.2 Å². The van der Waals surface area contributed by atoms with Gasteiger partial charge in [-0.25, -0.2) is 0 Å². The molecule has 1 unspecified atom stereocenters. The highest BCUT2D eigenvalue weighted by Crippen LogP contribution is 2.28. The highest BCUT2D eigenvalue weighted by Gasteiger charge is 2.12. The van der Waals surface area contributed by atoms with Crippen molar-refractivity contribution in [2.24, 2.45) is 5.73 Å². The molecule has 1 aromatic rings. The van der Waals surface area contributed by atoms with E-state index in [2.05, 4.69) is 0 Å². The number of aliphatic hydroxyl groups excluding tert-OH is 1. The standard InChI is InChI=1S/C12H19NO2/c1-8-9(2)12(15-3)5-4-10(8)11(14)6-7-13/h4-5,11,14H,6-7,13H2,1-3H3. The second kappa shape index (κ2) is 5.14. The third kappa shape index (κ3) is 2.49. The van der Waals surface area contributed by atoms with Gasteiger partial charge in [0.15, 0.2) is 0 Å². The number of nitrogens with two attached hydrogens (primary N) is 1. The van der Waals surface area contributed by atoms with Crippen molar-refractivity contribution in [2.45, 2.75) is 26.4 Å². The van der Waals surface area contributed by atoms with Crippen molar-refractivity contribution >= 4 is 0 Å². The van der Waals surface area contributed by atoms with E-state index in [1.54, 1.807) is 7.11 Å². The second-order valence-electron chi connectivity index (χ2n) is 3.70. The first-order chi connectivity index (χ1) is 7.11. The van der Waals surface area contributed by atoms with Crippen LogP contribution >= 0.6 is 0 Å². The summed E-state index contributed by atoms with van der Waals surface area (Å²) in [6.45, 7) is 4.48. The van der Waals surface area contributed by atoms with Gasteiger partial charge in [0, 0.05) is 0 Å². The molecule has 84 valence electrons. The molecule has 3 N–H and O–H groups in total. The highest BCUT2D eigenvalue weighted by molar-refractivity contribution is 5.44. The Bertz CT molecular complexity index is 337. The number of ether oxygens (including phenoxy) is 1. The fourth-order valence-electron chi connectivity index (χ4n) is 1.71. The van der Waals surface area contributed by atoms with Crippen molar-refractivity contribution in [3.63, 3.8) is 0 Å². The van der Waals surface area contributed by atoms with Crippen molar-refractivity contribution in [1.82, 2.24) is 0 Å². The van der Waals surface area contributed by atoms with E-state index in [0.29, 0.717) is 13.0 Å². The summed E-state index contributed by atoms with van der Waals surface area (Å²) < 4.78 is 5.21. The van der Waals surface area contributed by atoms with Crippen LogP contribution in [0.15, 0.2) is 12.1 Å². The van der Waals surface area contributed by atoms with E-state index in [1.165, 1.54) is 0 Å². The minimum Gasteiger partial charge on any atom is -0.496 e. The second-order valence-corrected chi connectivity index (χ2v) is 3.70. The van der Waals surface area contributed by atoms with Gasteiger partial charge in [0.25, 0.3) is 0 Å². The van der Waals surface area contributed by atoms with Gasteiger partial charge in [-0.15, -0.1) is 0 Å². The van der Waals surface area contributed by atoms with Crippen molar-refractivity contribution in [3.8, 4) is 5.75 Å². The van der Waals surface area contributed by atoms with Crippen molar-refractivity contribution in [3.05, 3.63) is 28.8 Å². The highest BCUT2D eigenvalue weighted by atomic mass is 16.5. The minimum absolute atomic E-state index is 0.473. The van der Waals surface area contributed by atoms with E-state index < -0.39 is 6.10 Å². The monoisotopic (exact) mass is 209 g/mol. The SMILES string of the molecule is COc1ccc(C(O)CCN)c(C)c1C. The Kier molecular flexibility index (Phi) is 4.12. The lowest BCUT2D eigenvalue weighted by molar-refractivity contribution is 0.169. The number of benzene rings is 1. The first-order valence-corrected chi connectivity index (χ1v) is 5.14. The van der Waals surface area contributed by atoms with Crippen LogP contribution in [0.3, 0.4) is 0 Å². The van der Waals surface area contributed by atoms with Gasteiger partial charge in [-0.05, 0) is 49.6 Å². The van der Waals surface area contributed by atoms with E-state index in [-0.39, 0.29) is 0 Å². The van der Waals surface area contributed by atoms with E-state index in [9.17, 15) is 5.11 Å². The maximum Gasteiger partial charge on any atom is 0.122 e. The molecule has 0 aliphatic rings. The minimum atomic E-state index is -0.473. The van der Waals surface area contributed by atoms with E-state index in [4.69, 9.17) is 10.5 Å². The van der Waals surface area contributed by atoms with Crippen LogP contribution in [0, 0.1) is 13.8 Å². The van der Waals surface area contributed by atoms with Gasteiger partial charge in [0.2, 0.25) is 0 Å². The van der Waals surface area contributed by atoms with Gasteiger partial charge in [-0.3, -0.25) is 0 Å². The maximum absolute atomic E-state index is 9.87. The molecule has 0 radical (unpaired) electrons. The summed E-state index contributed by atoms with van der Waals surface area (Å²) in [5.74, 6) is 0.858. The van der Waals surface area contributed by atoms with Crippen LogP contribution in [0.5, 0.6) is 5.75 Å². The van der Waals surface area contributed by atoms with Crippen LogP contribution in [0.4, 0.5) is 0 Å².